The Balaban J connectivity index is 2.62. The fourth-order valence-corrected chi connectivity index (χ4v) is 3.37. The molecule has 122 valence electrons. The Kier molecular flexibility index (Phi) is 7.82. The molecule has 1 heterocycles. The van der Waals surface area contributed by atoms with Crippen LogP contribution in [0.25, 0.3) is 0 Å². The fourth-order valence-electron chi connectivity index (χ4n) is 2.43. The first kappa shape index (κ1) is 18.6. The van der Waals surface area contributed by atoms with E-state index in [2.05, 4.69) is 63.8 Å². The Hall–Kier alpha value is -0.480. The third-order valence-electron chi connectivity index (χ3n) is 3.65. The second-order valence-corrected chi connectivity index (χ2v) is 8.49. The van der Waals surface area contributed by atoms with Gasteiger partial charge in [-0.2, -0.15) is 16.9 Å². The lowest BCUT2D eigenvalue weighted by atomic mass is 10.2. The smallest absolute Gasteiger partial charge is 0.0640 e. The summed E-state index contributed by atoms with van der Waals surface area (Å²) in [4.78, 5) is 0. The van der Waals surface area contributed by atoms with Crippen LogP contribution in [0.2, 0.25) is 0 Å². The van der Waals surface area contributed by atoms with E-state index in [4.69, 9.17) is 5.10 Å². The van der Waals surface area contributed by atoms with Gasteiger partial charge in [-0.1, -0.05) is 41.5 Å². The van der Waals surface area contributed by atoms with Crippen molar-refractivity contribution in [2.45, 2.75) is 77.6 Å². The standard InChI is InChI=1S/C17H33N3S/c1-7-16(8-2)20-11-10-14(19-20)12-15(18-9-3)13-21-17(4,5)6/h10-11,15-16,18H,7-9,12-13H2,1-6H3. The quantitative estimate of drug-likeness (QED) is 0.737. The summed E-state index contributed by atoms with van der Waals surface area (Å²) in [5.41, 5.74) is 1.21. The van der Waals surface area contributed by atoms with Gasteiger partial charge < -0.3 is 5.32 Å². The molecule has 1 aromatic heterocycles. The Labute approximate surface area is 135 Å². The molecular formula is C17H33N3S. The van der Waals surface area contributed by atoms with Crippen molar-refractivity contribution in [3.8, 4) is 0 Å². The zero-order valence-electron chi connectivity index (χ0n) is 14.6. The average Bonchev–Trinajstić information content (AvgIpc) is 2.85. The highest BCUT2D eigenvalue weighted by atomic mass is 32.2. The van der Waals surface area contributed by atoms with Crippen molar-refractivity contribution in [1.82, 2.24) is 15.1 Å². The van der Waals surface area contributed by atoms with E-state index in [1.807, 2.05) is 11.8 Å². The van der Waals surface area contributed by atoms with E-state index >= 15 is 0 Å². The van der Waals surface area contributed by atoms with E-state index in [9.17, 15) is 0 Å². The second-order valence-electron chi connectivity index (χ2n) is 6.64. The first-order valence-electron chi connectivity index (χ1n) is 8.30. The normalized spacial score (nSPS) is 13.9. The highest BCUT2D eigenvalue weighted by Crippen LogP contribution is 2.24. The van der Waals surface area contributed by atoms with Crippen LogP contribution in [-0.2, 0) is 6.42 Å². The molecule has 1 atom stereocenters. The zero-order chi connectivity index (χ0) is 15.9. The van der Waals surface area contributed by atoms with Crippen molar-refractivity contribution < 1.29 is 0 Å². The fraction of sp³-hybridized carbons (Fsp3) is 0.824. The molecule has 0 aromatic carbocycles. The summed E-state index contributed by atoms with van der Waals surface area (Å²) in [5, 5.41) is 8.39. The van der Waals surface area contributed by atoms with Crippen LogP contribution in [0.5, 0.6) is 0 Å². The van der Waals surface area contributed by atoms with E-state index in [0.717, 1.165) is 31.6 Å². The Morgan fingerprint density at radius 3 is 2.43 bits per heavy atom. The molecule has 0 aliphatic rings. The lowest BCUT2D eigenvalue weighted by Crippen LogP contribution is -2.34. The minimum atomic E-state index is 0.322. The molecule has 0 saturated heterocycles. The first-order chi connectivity index (χ1) is 9.89. The molecule has 21 heavy (non-hydrogen) atoms. The van der Waals surface area contributed by atoms with Gasteiger partial charge in [0.15, 0.2) is 0 Å². The van der Waals surface area contributed by atoms with Crippen LogP contribution < -0.4 is 5.32 Å². The maximum Gasteiger partial charge on any atom is 0.0640 e. The molecule has 1 rings (SSSR count). The molecule has 1 aromatic rings. The Morgan fingerprint density at radius 2 is 1.90 bits per heavy atom. The highest BCUT2D eigenvalue weighted by molar-refractivity contribution is 8.00. The van der Waals surface area contributed by atoms with Gasteiger partial charge >= 0.3 is 0 Å². The summed E-state index contributed by atoms with van der Waals surface area (Å²) < 4.78 is 2.47. The second kappa shape index (κ2) is 8.84. The van der Waals surface area contributed by atoms with E-state index < -0.39 is 0 Å². The van der Waals surface area contributed by atoms with Crippen molar-refractivity contribution in [3.63, 3.8) is 0 Å². The zero-order valence-corrected chi connectivity index (χ0v) is 15.5. The summed E-state index contributed by atoms with van der Waals surface area (Å²) in [6.07, 6.45) is 5.46. The Morgan fingerprint density at radius 1 is 1.24 bits per heavy atom. The SMILES string of the molecule is CCNC(CSC(C)(C)C)Cc1ccn(C(CC)CC)n1. The van der Waals surface area contributed by atoms with Gasteiger partial charge in [0.1, 0.15) is 0 Å². The molecule has 1 N–H and O–H groups in total. The van der Waals surface area contributed by atoms with Gasteiger partial charge in [0, 0.05) is 29.2 Å². The average molecular weight is 312 g/mol. The van der Waals surface area contributed by atoms with Crippen LogP contribution >= 0.6 is 11.8 Å². The van der Waals surface area contributed by atoms with Crippen molar-refractivity contribution in [3.05, 3.63) is 18.0 Å². The number of hydrogen-bond acceptors (Lipinski definition) is 3. The van der Waals surface area contributed by atoms with Gasteiger partial charge in [0.25, 0.3) is 0 Å². The molecular weight excluding hydrogens is 278 g/mol. The van der Waals surface area contributed by atoms with E-state index in [1.165, 1.54) is 5.69 Å². The largest absolute Gasteiger partial charge is 0.313 e. The van der Waals surface area contributed by atoms with Crippen LogP contribution in [0.1, 0.15) is 66.1 Å². The summed E-state index contributed by atoms with van der Waals surface area (Å²) in [6, 6.07) is 3.23. The third-order valence-corrected chi connectivity index (χ3v) is 5.08. The maximum atomic E-state index is 4.79. The van der Waals surface area contributed by atoms with Gasteiger partial charge in [0.2, 0.25) is 0 Å². The molecule has 0 amide bonds. The van der Waals surface area contributed by atoms with Crippen molar-refractivity contribution in [2.24, 2.45) is 0 Å². The number of aromatic nitrogens is 2. The minimum absolute atomic E-state index is 0.322. The van der Waals surface area contributed by atoms with Gasteiger partial charge in [0.05, 0.1) is 11.7 Å². The number of nitrogens with one attached hydrogen (secondary N) is 1. The summed E-state index contributed by atoms with van der Waals surface area (Å²) in [5.74, 6) is 1.13. The molecule has 3 nitrogen and oxygen atoms in total. The molecule has 0 radical (unpaired) electrons. The molecule has 0 aliphatic heterocycles. The molecule has 4 heteroatoms. The predicted molar refractivity (Wildman–Crippen MR) is 95.2 cm³/mol. The van der Waals surface area contributed by atoms with Crippen LogP contribution in [0.4, 0.5) is 0 Å². The van der Waals surface area contributed by atoms with Crippen LogP contribution in [0.3, 0.4) is 0 Å². The van der Waals surface area contributed by atoms with E-state index in [0.29, 0.717) is 16.8 Å². The minimum Gasteiger partial charge on any atom is -0.313 e. The maximum absolute atomic E-state index is 4.79. The number of thioether (sulfide) groups is 1. The third kappa shape index (κ3) is 6.88. The molecule has 0 fully saturated rings. The first-order valence-corrected chi connectivity index (χ1v) is 9.29. The van der Waals surface area contributed by atoms with Crippen molar-refractivity contribution >= 4 is 11.8 Å². The lowest BCUT2D eigenvalue weighted by molar-refractivity contribution is 0.423. The monoisotopic (exact) mass is 311 g/mol. The van der Waals surface area contributed by atoms with Gasteiger partial charge in [-0.05, 0) is 25.5 Å². The molecule has 0 bridgehead atoms. The van der Waals surface area contributed by atoms with Gasteiger partial charge in [-0.15, -0.1) is 0 Å². The summed E-state index contributed by atoms with van der Waals surface area (Å²) >= 11 is 2.03. The lowest BCUT2D eigenvalue weighted by Gasteiger charge is -2.23. The van der Waals surface area contributed by atoms with E-state index in [1.54, 1.807) is 0 Å². The van der Waals surface area contributed by atoms with Gasteiger partial charge in [-0.3, -0.25) is 4.68 Å². The predicted octanol–water partition coefficient (Wildman–Crippen LogP) is 4.30. The molecule has 0 aliphatic carbocycles. The summed E-state index contributed by atoms with van der Waals surface area (Å²) in [6.45, 7) is 14.5. The van der Waals surface area contributed by atoms with Crippen molar-refractivity contribution in [1.29, 1.82) is 0 Å². The van der Waals surface area contributed by atoms with Crippen LogP contribution in [0.15, 0.2) is 12.3 Å². The van der Waals surface area contributed by atoms with Crippen molar-refractivity contribution in [2.75, 3.05) is 12.3 Å². The number of nitrogens with zero attached hydrogens (tertiary/aromatic N) is 2. The number of likely N-dealkylation sites (N-methyl/N-ethyl adjacent to an activating group) is 1. The number of rotatable bonds is 9. The Bertz CT molecular complexity index is 391. The van der Waals surface area contributed by atoms with E-state index in [-0.39, 0.29) is 0 Å². The van der Waals surface area contributed by atoms with Crippen LogP contribution in [0, 0.1) is 0 Å². The molecule has 0 saturated carbocycles. The topological polar surface area (TPSA) is 29.9 Å². The number of hydrogen-bond donors (Lipinski definition) is 1. The van der Waals surface area contributed by atoms with Crippen LogP contribution in [-0.4, -0.2) is 32.9 Å². The highest BCUT2D eigenvalue weighted by Gasteiger charge is 2.17. The molecule has 1 unspecified atom stereocenters. The van der Waals surface area contributed by atoms with Gasteiger partial charge in [-0.25, -0.2) is 0 Å². The summed E-state index contributed by atoms with van der Waals surface area (Å²) in [7, 11) is 0. The molecule has 0 spiro atoms.